The van der Waals surface area contributed by atoms with E-state index in [9.17, 15) is 4.39 Å². The number of aliphatic hydroxyl groups excluding tert-OH is 1. The van der Waals surface area contributed by atoms with Gasteiger partial charge in [-0.05, 0) is 17.7 Å². The number of nitrogens with zero attached hydrogens (tertiary/aromatic N) is 2. The average Bonchev–Trinajstić information content (AvgIpc) is 2.71. The van der Waals surface area contributed by atoms with E-state index >= 15 is 0 Å². The van der Waals surface area contributed by atoms with Crippen molar-refractivity contribution in [2.24, 2.45) is 0 Å². The predicted octanol–water partition coefficient (Wildman–Crippen LogP) is 1.31. The highest BCUT2D eigenvalue weighted by Crippen LogP contribution is 2.11. The third-order valence-electron chi connectivity index (χ3n) is 2.30. The maximum Gasteiger partial charge on any atom is 0.137 e. The maximum absolute atomic E-state index is 12.5. The lowest BCUT2D eigenvalue weighted by molar-refractivity contribution is 0.0815. The van der Waals surface area contributed by atoms with Gasteiger partial charge in [0, 0.05) is 6.20 Å². The number of alkyl halides is 1. The summed E-state index contributed by atoms with van der Waals surface area (Å²) in [4.78, 5) is 4.10. The van der Waals surface area contributed by atoms with Crippen LogP contribution in [0.1, 0.15) is 11.3 Å². The van der Waals surface area contributed by atoms with Crippen LogP contribution in [-0.4, -0.2) is 27.7 Å². The first-order valence-electron chi connectivity index (χ1n) is 5.04. The number of hydrogen-bond acceptors (Lipinski definition) is 3. The fourth-order valence-electron chi connectivity index (χ4n) is 1.52. The first-order valence-corrected chi connectivity index (χ1v) is 5.04. The molecule has 0 aliphatic heterocycles. The molecule has 2 aromatic rings. The molecule has 0 spiro atoms. The van der Waals surface area contributed by atoms with Crippen molar-refractivity contribution in [1.29, 1.82) is 0 Å². The zero-order valence-electron chi connectivity index (χ0n) is 8.77. The molecular weight excluding hydrogens is 211 g/mol. The number of fused-ring (bicyclic) bond motifs is 1. The predicted molar refractivity (Wildman–Crippen MR) is 56.7 cm³/mol. The minimum atomic E-state index is -0.526. The van der Waals surface area contributed by atoms with Gasteiger partial charge in [0.15, 0.2) is 0 Å². The van der Waals surface area contributed by atoms with E-state index in [2.05, 4.69) is 4.98 Å². The molecule has 86 valence electrons. The summed E-state index contributed by atoms with van der Waals surface area (Å²) in [6.07, 6.45) is 3.29. The molecule has 4 nitrogen and oxygen atoms in total. The van der Waals surface area contributed by atoms with Gasteiger partial charge in [-0.15, -0.1) is 0 Å². The summed E-state index contributed by atoms with van der Waals surface area (Å²) in [5.74, 6) is 0. The largest absolute Gasteiger partial charge is 0.394 e. The van der Waals surface area contributed by atoms with Crippen LogP contribution in [0, 0.1) is 0 Å². The number of pyridine rings is 1. The summed E-state index contributed by atoms with van der Waals surface area (Å²) in [7, 11) is 0. The molecule has 0 amide bonds. The van der Waals surface area contributed by atoms with E-state index in [0.717, 1.165) is 5.56 Å². The van der Waals surface area contributed by atoms with Crippen LogP contribution < -0.4 is 0 Å². The molecule has 0 saturated heterocycles. The Morgan fingerprint density at radius 1 is 1.50 bits per heavy atom. The number of halogens is 1. The van der Waals surface area contributed by atoms with Gasteiger partial charge in [-0.2, -0.15) is 0 Å². The highest BCUT2D eigenvalue weighted by Gasteiger charge is 2.03. The summed E-state index contributed by atoms with van der Waals surface area (Å²) in [6, 6.07) is 3.70. The molecule has 1 N–H and O–H groups in total. The Morgan fingerprint density at radius 2 is 2.38 bits per heavy atom. The maximum atomic E-state index is 12.5. The summed E-state index contributed by atoms with van der Waals surface area (Å²) in [5.41, 5.74) is 2.20. The molecule has 0 fully saturated rings. The molecule has 16 heavy (non-hydrogen) atoms. The van der Waals surface area contributed by atoms with Crippen LogP contribution in [0.15, 0.2) is 24.5 Å². The van der Waals surface area contributed by atoms with Crippen LogP contribution in [0.25, 0.3) is 5.65 Å². The molecule has 0 aromatic carbocycles. The van der Waals surface area contributed by atoms with Crippen molar-refractivity contribution in [3.63, 3.8) is 0 Å². The summed E-state index contributed by atoms with van der Waals surface area (Å²) >= 11 is 0. The number of imidazole rings is 1. The van der Waals surface area contributed by atoms with Gasteiger partial charge in [-0.3, -0.25) is 0 Å². The van der Waals surface area contributed by atoms with Gasteiger partial charge in [0.05, 0.1) is 31.7 Å². The third-order valence-corrected chi connectivity index (χ3v) is 2.30. The Balaban J connectivity index is 2.17. The van der Waals surface area contributed by atoms with E-state index in [-0.39, 0.29) is 6.61 Å². The standard InChI is InChI=1S/C11H13FN2O2/c12-6-10-7-13-11-5-9(1-2-14(10)11)8-16-4-3-15/h1-2,5,7,15H,3-4,6,8H2. The molecule has 0 unspecified atom stereocenters. The van der Waals surface area contributed by atoms with Crippen molar-refractivity contribution in [1.82, 2.24) is 9.38 Å². The Bertz CT molecular complexity index is 470. The number of rotatable bonds is 5. The quantitative estimate of drug-likeness (QED) is 0.779. The van der Waals surface area contributed by atoms with Crippen molar-refractivity contribution in [3.8, 4) is 0 Å². The lowest BCUT2D eigenvalue weighted by Crippen LogP contribution is -2.00. The molecule has 2 rings (SSSR count). The smallest absolute Gasteiger partial charge is 0.137 e. The van der Waals surface area contributed by atoms with E-state index in [0.29, 0.717) is 24.6 Å². The fourth-order valence-corrected chi connectivity index (χ4v) is 1.52. The van der Waals surface area contributed by atoms with Crippen molar-refractivity contribution in [2.75, 3.05) is 13.2 Å². The van der Waals surface area contributed by atoms with Gasteiger partial charge < -0.3 is 14.2 Å². The monoisotopic (exact) mass is 224 g/mol. The van der Waals surface area contributed by atoms with Crippen LogP contribution >= 0.6 is 0 Å². The van der Waals surface area contributed by atoms with E-state index in [1.165, 1.54) is 6.20 Å². The zero-order valence-corrected chi connectivity index (χ0v) is 8.77. The van der Waals surface area contributed by atoms with Crippen LogP contribution in [0.4, 0.5) is 4.39 Å². The second kappa shape index (κ2) is 5.05. The fraction of sp³-hybridized carbons (Fsp3) is 0.364. The summed E-state index contributed by atoms with van der Waals surface area (Å²) in [5, 5.41) is 8.57. The molecule has 0 radical (unpaired) electrons. The highest BCUT2D eigenvalue weighted by atomic mass is 19.1. The normalized spacial score (nSPS) is 11.1. The molecule has 2 heterocycles. The van der Waals surface area contributed by atoms with Crippen molar-refractivity contribution >= 4 is 5.65 Å². The molecule has 0 saturated carbocycles. The Kier molecular flexibility index (Phi) is 3.48. The van der Waals surface area contributed by atoms with Crippen molar-refractivity contribution < 1.29 is 14.2 Å². The minimum absolute atomic E-state index is 0.0115. The van der Waals surface area contributed by atoms with Crippen LogP contribution in [0.5, 0.6) is 0 Å². The van der Waals surface area contributed by atoms with Crippen molar-refractivity contribution in [2.45, 2.75) is 13.3 Å². The number of aliphatic hydroxyl groups is 1. The van der Waals surface area contributed by atoms with E-state index in [1.54, 1.807) is 10.6 Å². The molecule has 5 heteroatoms. The highest BCUT2D eigenvalue weighted by molar-refractivity contribution is 5.43. The number of aromatic nitrogens is 2. The zero-order chi connectivity index (χ0) is 11.4. The van der Waals surface area contributed by atoms with Gasteiger partial charge in [-0.25, -0.2) is 9.37 Å². The second-order valence-electron chi connectivity index (χ2n) is 3.42. The van der Waals surface area contributed by atoms with E-state index < -0.39 is 6.67 Å². The van der Waals surface area contributed by atoms with Gasteiger partial charge >= 0.3 is 0 Å². The first-order chi connectivity index (χ1) is 7.85. The Labute approximate surface area is 92.3 Å². The Morgan fingerprint density at radius 3 is 3.12 bits per heavy atom. The number of hydrogen-bond donors (Lipinski definition) is 1. The minimum Gasteiger partial charge on any atom is -0.394 e. The molecule has 0 aliphatic rings. The SMILES string of the molecule is OCCOCc1ccn2c(CF)cnc2c1. The number of ether oxygens (including phenoxy) is 1. The molecule has 0 bridgehead atoms. The van der Waals surface area contributed by atoms with Crippen molar-refractivity contribution in [3.05, 3.63) is 35.8 Å². The van der Waals surface area contributed by atoms with Crippen LogP contribution in [0.2, 0.25) is 0 Å². The van der Waals surface area contributed by atoms with Crippen LogP contribution in [-0.2, 0) is 18.0 Å². The van der Waals surface area contributed by atoms with E-state index in [4.69, 9.17) is 9.84 Å². The topological polar surface area (TPSA) is 46.8 Å². The first kappa shape index (κ1) is 11.0. The summed E-state index contributed by atoms with van der Waals surface area (Å²) in [6.45, 7) is 0.226. The molecular formula is C11H13FN2O2. The lowest BCUT2D eigenvalue weighted by Gasteiger charge is -2.03. The summed E-state index contributed by atoms with van der Waals surface area (Å²) < 4.78 is 19.4. The average molecular weight is 224 g/mol. The molecule has 0 aliphatic carbocycles. The molecule has 2 aromatic heterocycles. The second-order valence-corrected chi connectivity index (χ2v) is 3.42. The van der Waals surface area contributed by atoms with Gasteiger partial charge in [0.1, 0.15) is 12.3 Å². The third kappa shape index (κ3) is 2.20. The van der Waals surface area contributed by atoms with Gasteiger partial charge in [0.25, 0.3) is 0 Å². The van der Waals surface area contributed by atoms with Gasteiger partial charge in [0.2, 0.25) is 0 Å². The molecule has 0 atom stereocenters. The van der Waals surface area contributed by atoms with Gasteiger partial charge in [-0.1, -0.05) is 0 Å². The van der Waals surface area contributed by atoms with Crippen LogP contribution in [0.3, 0.4) is 0 Å². The lowest BCUT2D eigenvalue weighted by atomic mass is 10.3. The van der Waals surface area contributed by atoms with E-state index in [1.807, 2.05) is 12.1 Å². The Hall–Kier alpha value is -1.46.